The lowest BCUT2D eigenvalue weighted by atomic mass is 10.1. The summed E-state index contributed by atoms with van der Waals surface area (Å²) < 4.78 is 12.6. The van der Waals surface area contributed by atoms with Gasteiger partial charge in [-0.25, -0.2) is 4.79 Å². The van der Waals surface area contributed by atoms with Crippen LogP contribution in [0.4, 0.5) is 0 Å². The molecule has 2 aromatic carbocycles. The molecule has 0 radical (unpaired) electrons. The van der Waals surface area contributed by atoms with E-state index in [0.717, 1.165) is 11.1 Å². The molecule has 0 aliphatic rings. The fourth-order valence-corrected chi connectivity index (χ4v) is 3.14. The Morgan fingerprint density at radius 3 is 2.65 bits per heavy atom. The number of carbonyl (C=O) groups excluding carboxylic acids is 1. The highest BCUT2D eigenvalue weighted by molar-refractivity contribution is 6.30. The summed E-state index contributed by atoms with van der Waals surface area (Å²) in [6.45, 7) is 2.61. The van der Waals surface area contributed by atoms with Crippen LogP contribution in [0.1, 0.15) is 29.0 Å². The normalized spacial score (nSPS) is 11.5. The summed E-state index contributed by atoms with van der Waals surface area (Å²) in [6.07, 6.45) is 0. The van der Waals surface area contributed by atoms with Crippen LogP contribution in [0.15, 0.2) is 65.8 Å². The fourth-order valence-electron chi connectivity index (χ4n) is 3.01. The lowest BCUT2D eigenvalue weighted by molar-refractivity contribution is 0.0493. The van der Waals surface area contributed by atoms with Crippen molar-refractivity contribution in [3.8, 4) is 11.3 Å². The predicted molar refractivity (Wildman–Crippen MR) is 118 cm³/mol. The van der Waals surface area contributed by atoms with Gasteiger partial charge in [0.05, 0.1) is 38.1 Å². The molecule has 0 saturated carbocycles. The van der Waals surface area contributed by atoms with Crippen LogP contribution in [0.5, 0.6) is 0 Å². The summed E-state index contributed by atoms with van der Waals surface area (Å²) in [5.74, 6) is -0.510. The summed E-state index contributed by atoms with van der Waals surface area (Å²) in [5, 5.41) is 8.89. The summed E-state index contributed by atoms with van der Waals surface area (Å²) in [5.41, 5.74) is 11.5. The highest BCUT2D eigenvalue weighted by Crippen LogP contribution is 2.24. The maximum absolute atomic E-state index is 12.6. The van der Waals surface area contributed by atoms with E-state index in [4.69, 9.17) is 26.6 Å². The van der Waals surface area contributed by atoms with Crippen molar-refractivity contribution in [3.63, 3.8) is 0 Å². The van der Waals surface area contributed by atoms with E-state index in [1.807, 2.05) is 42.5 Å². The number of aromatic nitrogens is 2. The number of ether oxygens (including phenoxy) is 2. The Morgan fingerprint density at radius 1 is 1.23 bits per heavy atom. The largest absolute Gasteiger partial charge is 0.461 e. The van der Waals surface area contributed by atoms with Gasteiger partial charge in [0.25, 0.3) is 0 Å². The maximum Gasteiger partial charge on any atom is 0.356 e. The molecule has 160 valence electrons. The molecule has 3 aromatic rings. The van der Waals surface area contributed by atoms with Crippen molar-refractivity contribution in [2.24, 2.45) is 5.11 Å². The summed E-state index contributed by atoms with van der Waals surface area (Å²) in [7, 11) is 0. The Labute approximate surface area is 185 Å². The van der Waals surface area contributed by atoms with Crippen LogP contribution >= 0.6 is 11.6 Å². The SMILES string of the molecule is CCOC(=O)c1cc(-c2ccc(Cl)cc2)nn1C(CN=[N+]=[N-])COCc1ccccc1. The third-order valence-corrected chi connectivity index (χ3v) is 4.74. The monoisotopic (exact) mass is 439 g/mol. The number of hydrogen-bond acceptors (Lipinski definition) is 5. The minimum atomic E-state index is -0.510. The number of benzene rings is 2. The summed E-state index contributed by atoms with van der Waals surface area (Å²) in [6, 6.07) is 18.0. The Kier molecular flexibility index (Phi) is 8.06. The summed E-state index contributed by atoms with van der Waals surface area (Å²) in [4.78, 5) is 15.4. The molecule has 0 spiro atoms. The van der Waals surface area contributed by atoms with Crippen LogP contribution in [0.2, 0.25) is 5.02 Å². The molecule has 3 rings (SSSR count). The molecule has 0 fully saturated rings. The van der Waals surface area contributed by atoms with E-state index in [1.54, 1.807) is 25.1 Å². The molecular weight excluding hydrogens is 418 g/mol. The van der Waals surface area contributed by atoms with Gasteiger partial charge in [0.2, 0.25) is 0 Å². The number of rotatable bonds is 10. The standard InChI is InChI=1S/C22H22ClN5O3/c1-2-31-22(29)21-12-20(17-8-10-18(23)11-9-17)26-28(21)19(13-25-27-24)15-30-14-16-6-4-3-5-7-16/h3-12,19H,2,13-15H2,1H3. The van der Waals surface area contributed by atoms with Crippen molar-refractivity contribution >= 4 is 17.6 Å². The number of esters is 1. The average molecular weight is 440 g/mol. The number of nitrogens with zero attached hydrogens (tertiary/aromatic N) is 5. The van der Waals surface area contributed by atoms with Crippen molar-refractivity contribution in [3.05, 3.63) is 87.4 Å². The molecule has 0 N–H and O–H groups in total. The summed E-state index contributed by atoms with van der Waals surface area (Å²) >= 11 is 5.98. The van der Waals surface area contributed by atoms with Crippen LogP contribution in [0.25, 0.3) is 21.7 Å². The number of hydrogen-bond donors (Lipinski definition) is 0. The Bertz CT molecular complexity index is 1050. The highest BCUT2D eigenvalue weighted by Gasteiger charge is 2.23. The minimum absolute atomic E-state index is 0.0689. The number of halogens is 1. The predicted octanol–water partition coefficient (Wildman–Crippen LogP) is 5.45. The van der Waals surface area contributed by atoms with Gasteiger partial charge in [-0.3, -0.25) is 4.68 Å². The van der Waals surface area contributed by atoms with Gasteiger partial charge in [0, 0.05) is 15.5 Å². The lowest BCUT2D eigenvalue weighted by Crippen LogP contribution is -2.24. The molecule has 0 saturated heterocycles. The molecule has 1 aromatic heterocycles. The fraction of sp³-hybridized carbons (Fsp3) is 0.273. The van der Waals surface area contributed by atoms with Crippen molar-refractivity contribution in [1.29, 1.82) is 0 Å². The molecule has 8 nitrogen and oxygen atoms in total. The molecule has 0 bridgehead atoms. The molecule has 1 unspecified atom stereocenters. The van der Waals surface area contributed by atoms with Crippen molar-refractivity contribution in [2.45, 2.75) is 19.6 Å². The third-order valence-electron chi connectivity index (χ3n) is 4.48. The second kappa shape index (κ2) is 11.2. The Morgan fingerprint density at radius 2 is 1.97 bits per heavy atom. The zero-order chi connectivity index (χ0) is 22.1. The maximum atomic E-state index is 12.6. The van der Waals surface area contributed by atoms with Crippen LogP contribution in [0, 0.1) is 0 Å². The van der Waals surface area contributed by atoms with Crippen LogP contribution in [-0.4, -0.2) is 35.5 Å². The minimum Gasteiger partial charge on any atom is -0.461 e. The number of azide groups is 1. The molecule has 0 amide bonds. The van der Waals surface area contributed by atoms with Crippen molar-refractivity contribution in [2.75, 3.05) is 19.8 Å². The molecular formula is C22H22ClN5O3. The van der Waals surface area contributed by atoms with Gasteiger partial charge in [-0.2, -0.15) is 5.10 Å². The van der Waals surface area contributed by atoms with E-state index in [1.165, 1.54) is 4.68 Å². The van der Waals surface area contributed by atoms with E-state index < -0.39 is 12.0 Å². The van der Waals surface area contributed by atoms with E-state index in [2.05, 4.69) is 15.1 Å². The van der Waals surface area contributed by atoms with Gasteiger partial charge >= 0.3 is 5.97 Å². The third kappa shape index (κ3) is 6.08. The van der Waals surface area contributed by atoms with Gasteiger partial charge < -0.3 is 9.47 Å². The second-order valence-corrected chi connectivity index (χ2v) is 7.09. The quantitative estimate of drug-likeness (QED) is 0.181. The lowest BCUT2D eigenvalue weighted by Gasteiger charge is -2.18. The first kappa shape index (κ1) is 22.4. The Balaban J connectivity index is 1.90. The van der Waals surface area contributed by atoms with E-state index >= 15 is 0 Å². The smallest absolute Gasteiger partial charge is 0.356 e. The molecule has 31 heavy (non-hydrogen) atoms. The molecule has 0 aliphatic carbocycles. The first-order chi connectivity index (χ1) is 15.1. The number of carbonyl (C=O) groups is 1. The molecule has 1 atom stereocenters. The van der Waals surface area contributed by atoms with Gasteiger partial charge in [-0.1, -0.05) is 59.2 Å². The topological polar surface area (TPSA) is 102 Å². The van der Waals surface area contributed by atoms with Crippen LogP contribution in [-0.2, 0) is 16.1 Å². The zero-order valence-electron chi connectivity index (χ0n) is 17.0. The van der Waals surface area contributed by atoms with Crippen LogP contribution in [0.3, 0.4) is 0 Å². The van der Waals surface area contributed by atoms with E-state index in [0.29, 0.717) is 17.3 Å². The average Bonchev–Trinajstić information content (AvgIpc) is 3.23. The highest BCUT2D eigenvalue weighted by atomic mass is 35.5. The van der Waals surface area contributed by atoms with Gasteiger partial charge in [0.15, 0.2) is 0 Å². The molecule has 1 heterocycles. The van der Waals surface area contributed by atoms with Crippen molar-refractivity contribution in [1.82, 2.24) is 9.78 Å². The van der Waals surface area contributed by atoms with E-state index in [9.17, 15) is 4.79 Å². The first-order valence-electron chi connectivity index (χ1n) is 9.77. The molecule has 0 aliphatic heterocycles. The van der Waals surface area contributed by atoms with Gasteiger partial charge in [-0.15, -0.1) is 0 Å². The first-order valence-corrected chi connectivity index (χ1v) is 10.1. The van der Waals surface area contributed by atoms with Crippen molar-refractivity contribution < 1.29 is 14.3 Å². The second-order valence-electron chi connectivity index (χ2n) is 6.65. The van der Waals surface area contributed by atoms with Gasteiger partial charge in [-0.05, 0) is 36.2 Å². The van der Waals surface area contributed by atoms with Gasteiger partial charge in [0.1, 0.15) is 5.69 Å². The molecule has 9 heteroatoms. The van der Waals surface area contributed by atoms with Crippen LogP contribution < -0.4 is 0 Å². The Hall–Kier alpha value is -3.32. The van der Waals surface area contributed by atoms with E-state index in [-0.39, 0.29) is 25.5 Å². The zero-order valence-corrected chi connectivity index (χ0v) is 17.8.